The van der Waals surface area contributed by atoms with Gasteiger partial charge in [0.25, 0.3) is 5.91 Å². The second-order valence-electron chi connectivity index (χ2n) is 6.30. The standard InChI is InChI=1S/C20H23N3O4S2/c1-4-23(5-2)29(25,26)16-10-8-15(9-11-16)19(24)21-13-18-14(3)22-20(28-18)17-7-6-12-27-17/h6-12H,4-5,13H2,1-3H3,(H,21,24). The second-order valence-corrected chi connectivity index (χ2v) is 9.32. The Hall–Kier alpha value is -2.49. The van der Waals surface area contributed by atoms with E-state index in [1.165, 1.54) is 39.9 Å². The van der Waals surface area contributed by atoms with Gasteiger partial charge in [0.1, 0.15) is 0 Å². The molecule has 1 aromatic carbocycles. The van der Waals surface area contributed by atoms with Gasteiger partial charge in [-0.25, -0.2) is 13.4 Å². The van der Waals surface area contributed by atoms with Gasteiger partial charge < -0.3 is 9.73 Å². The van der Waals surface area contributed by atoms with Gasteiger partial charge in [-0.1, -0.05) is 13.8 Å². The molecule has 0 saturated heterocycles. The largest absolute Gasteiger partial charge is 0.462 e. The highest BCUT2D eigenvalue weighted by atomic mass is 32.2. The summed E-state index contributed by atoms with van der Waals surface area (Å²) >= 11 is 1.46. The van der Waals surface area contributed by atoms with Crippen LogP contribution in [0.3, 0.4) is 0 Å². The molecule has 2 aromatic heterocycles. The van der Waals surface area contributed by atoms with Crippen LogP contribution in [0.2, 0.25) is 0 Å². The highest BCUT2D eigenvalue weighted by molar-refractivity contribution is 7.89. The number of thiazole rings is 1. The number of aryl methyl sites for hydroxylation is 1. The molecule has 0 aliphatic rings. The van der Waals surface area contributed by atoms with Crippen molar-refractivity contribution >= 4 is 27.3 Å². The molecule has 0 unspecified atom stereocenters. The molecule has 0 aliphatic heterocycles. The quantitative estimate of drug-likeness (QED) is 0.585. The van der Waals surface area contributed by atoms with Crippen LogP contribution in [0.25, 0.3) is 10.8 Å². The van der Waals surface area contributed by atoms with Gasteiger partial charge in [0.05, 0.1) is 23.4 Å². The van der Waals surface area contributed by atoms with E-state index >= 15 is 0 Å². The van der Waals surface area contributed by atoms with E-state index in [1.54, 1.807) is 26.2 Å². The Kier molecular flexibility index (Phi) is 6.51. The number of amides is 1. The van der Waals surface area contributed by atoms with Gasteiger partial charge >= 0.3 is 0 Å². The second kappa shape index (κ2) is 8.89. The van der Waals surface area contributed by atoms with Crippen LogP contribution in [0.5, 0.6) is 0 Å². The Bertz CT molecular complexity index is 1070. The smallest absolute Gasteiger partial charge is 0.251 e. The monoisotopic (exact) mass is 433 g/mol. The Morgan fingerprint density at radius 2 is 1.86 bits per heavy atom. The van der Waals surface area contributed by atoms with Gasteiger partial charge in [-0.3, -0.25) is 4.79 Å². The Labute approximate surface area is 174 Å². The number of benzene rings is 1. The third-order valence-corrected chi connectivity index (χ3v) is 7.73. The van der Waals surface area contributed by atoms with Crippen LogP contribution in [0.15, 0.2) is 52.0 Å². The van der Waals surface area contributed by atoms with E-state index < -0.39 is 10.0 Å². The van der Waals surface area contributed by atoms with Crippen molar-refractivity contribution in [3.05, 3.63) is 58.8 Å². The van der Waals surface area contributed by atoms with E-state index in [9.17, 15) is 13.2 Å². The average molecular weight is 434 g/mol. The van der Waals surface area contributed by atoms with Crippen LogP contribution in [0, 0.1) is 6.92 Å². The van der Waals surface area contributed by atoms with Crippen molar-refractivity contribution in [1.82, 2.24) is 14.6 Å². The van der Waals surface area contributed by atoms with Crippen LogP contribution in [0.1, 0.15) is 34.8 Å². The minimum absolute atomic E-state index is 0.180. The van der Waals surface area contributed by atoms with E-state index in [0.717, 1.165) is 15.6 Å². The lowest BCUT2D eigenvalue weighted by Crippen LogP contribution is -2.30. The summed E-state index contributed by atoms with van der Waals surface area (Å²) in [5.74, 6) is 0.421. The summed E-state index contributed by atoms with van der Waals surface area (Å²) in [5, 5.41) is 3.63. The Morgan fingerprint density at radius 1 is 1.17 bits per heavy atom. The lowest BCUT2D eigenvalue weighted by atomic mass is 10.2. The maximum Gasteiger partial charge on any atom is 0.251 e. The molecule has 29 heavy (non-hydrogen) atoms. The molecular formula is C20H23N3O4S2. The zero-order chi connectivity index (χ0) is 21.0. The first-order chi connectivity index (χ1) is 13.9. The molecule has 1 N–H and O–H groups in total. The zero-order valence-electron chi connectivity index (χ0n) is 16.5. The van der Waals surface area contributed by atoms with Crippen LogP contribution >= 0.6 is 11.3 Å². The summed E-state index contributed by atoms with van der Waals surface area (Å²) < 4.78 is 31.8. The number of sulfonamides is 1. The number of furan rings is 1. The SMILES string of the molecule is CCN(CC)S(=O)(=O)c1ccc(C(=O)NCc2sc(-c3ccco3)nc2C)cc1. The highest BCUT2D eigenvalue weighted by Crippen LogP contribution is 2.28. The number of aromatic nitrogens is 1. The Balaban J connectivity index is 1.68. The van der Waals surface area contributed by atoms with Gasteiger partial charge in [-0.15, -0.1) is 11.3 Å². The third-order valence-electron chi connectivity index (χ3n) is 4.49. The van der Waals surface area contributed by atoms with Crippen LogP contribution in [-0.4, -0.2) is 36.7 Å². The van der Waals surface area contributed by atoms with E-state index in [4.69, 9.17) is 4.42 Å². The molecule has 3 aromatic rings. The van der Waals surface area contributed by atoms with Crippen LogP contribution < -0.4 is 5.32 Å². The first kappa shape index (κ1) is 21.2. The lowest BCUT2D eigenvalue weighted by Gasteiger charge is -2.18. The van der Waals surface area contributed by atoms with Crippen molar-refractivity contribution in [3.8, 4) is 10.8 Å². The normalized spacial score (nSPS) is 11.7. The molecule has 9 heteroatoms. The molecule has 0 atom stereocenters. The van der Waals surface area contributed by atoms with Crippen molar-refractivity contribution in [1.29, 1.82) is 0 Å². The van der Waals surface area contributed by atoms with Crippen molar-refractivity contribution in [2.75, 3.05) is 13.1 Å². The van der Waals surface area contributed by atoms with E-state index in [-0.39, 0.29) is 10.8 Å². The topological polar surface area (TPSA) is 92.5 Å². The zero-order valence-corrected chi connectivity index (χ0v) is 18.1. The summed E-state index contributed by atoms with van der Waals surface area (Å²) in [6.45, 7) is 6.60. The van der Waals surface area contributed by atoms with E-state index in [0.29, 0.717) is 31.0 Å². The lowest BCUT2D eigenvalue weighted by molar-refractivity contribution is 0.0951. The third kappa shape index (κ3) is 4.58. The van der Waals surface area contributed by atoms with Crippen LogP contribution in [0.4, 0.5) is 0 Å². The van der Waals surface area contributed by atoms with Crippen molar-refractivity contribution in [3.63, 3.8) is 0 Å². The number of carbonyl (C=O) groups excluding carboxylic acids is 1. The summed E-state index contributed by atoms with van der Waals surface area (Å²) in [6.07, 6.45) is 1.59. The number of hydrogen-bond acceptors (Lipinski definition) is 6. The summed E-state index contributed by atoms with van der Waals surface area (Å²) in [7, 11) is -3.54. The molecule has 154 valence electrons. The number of rotatable bonds is 8. The molecular weight excluding hydrogens is 410 g/mol. The molecule has 0 fully saturated rings. The van der Waals surface area contributed by atoms with Gasteiger partial charge in [0.2, 0.25) is 10.0 Å². The van der Waals surface area contributed by atoms with Gasteiger partial charge in [-0.05, 0) is 43.3 Å². The molecule has 0 radical (unpaired) electrons. The molecule has 0 bridgehead atoms. The number of carbonyl (C=O) groups is 1. The fourth-order valence-electron chi connectivity index (χ4n) is 2.85. The minimum atomic E-state index is -3.54. The fraction of sp³-hybridized carbons (Fsp3) is 0.300. The fourth-order valence-corrected chi connectivity index (χ4v) is 5.28. The predicted octanol–water partition coefficient (Wildman–Crippen LogP) is 3.67. The van der Waals surface area contributed by atoms with E-state index in [1.807, 2.05) is 13.0 Å². The van der Waals surface area contributed by atoms with Gasteiger partial charge in [0.15, 0.2) is 10.8 Å². The Morgan fingerprint density at radius 3 is 2.45 bits per heavy atom. The average Bonchev–Trinajstić information content (AvgIpc) is 3.37. The summed E-state index contributed by atoms with van der Waals surface area (Å²) in [5.41, 5.74) is 1.24. The molecule has 7 nitrogen and oxygen atoms in total. The van der Waals surface area contributed by atoms with E-state index in [2.05, 4.69) is 10.3 Å². The van der Waals surface area contributed by atoms with Gasteiger partial charge in [-0.2, -0.15) is 4.31 Å². The highest BCUT2D eigenvalue weighted by Gasteiger charge is 2.21. The number of nitrogens with one attached hydrogen (secondary N) is 1. The molecule has 0 aliphatic carbocycles. The number of hydrogen-bond donors (Lipinski definition) is 1. The number of nitrogens with zero attached hydrogens (tertiary/aromatic N) is 2. The summed E-state index contributed by atoms with van der Waals surface area (Å²) in [4.78, 5) is 18.1. The minimum Gasteiger partial charge on any atom is -0.462 e. The molecule has 1 amide bonds. The van der Waals surface area contributed by atoms with Crippen molar-refractivity contribution in [2.45, 2.75) is 32.2 Å². The molecule has 0 spiro atoms. The summed E-state index contributed by atoms with van der Waals surface area (Å²) in [6, 6.07) is 9.64. The van der Waals surface area contributed by atoms with Gasteiger partial charge in [0, 0.05) is 23.5 Å². The predicted molar refractivity (Wildman–Crippen MR) is 112 cm³/mol. The maximum atomic E-state index is 12.5. The molecule has 3 rings (SSSR count). The van der Waals surface area contributed by atoms with Crippen molar-refractivity contribution in [2.24, 2.45) is 0 Å². The maximum absolute atomic E-state index is 12.5. The molecule has 2 heterocycles. The van der Waals surface area contributed by atoms with Crippen LogP contribution in [-0.2, 0) is 16.6 Å². The van der Waals surface area contributed by atoms with Crippen molar-refractivity contribution < 1.29 is 17.6 Å². The first-order valence-corrected chi connectivity index (χ1v) is 11.5. The molecule has 0 saturated carbocycles. The first-order valence-electron chi connectivity index (χ1n) is 9.25.